The Morgan fingerprint density at radius 2 is 2.06 bits per heavy atom. The maximum atomic E-state index is 13.0. The van der Waals surface area contributed by atoms with E-state index in [9.17, 15) is 14.6 Å². The van der Waals surface area contributed by atoms with Crippen LogP contribution in [0.25, 0.3) is 0 Å². The predicted octanol–water partition coefficient (Wildman–Crippen LogP) is 2.11. The van der Waals surface area contributed by atoms with Gasteiger partial charge >= 0.3 is 0 Å². The lowest BCUT2D eigenvalue weighted by atomic mass is 9.98. The van der Waals surface area contributed by atoms with Crippen LogP contribution in [-0.2, 0) is 0 Å². The summed E-state index contributed by atoms with van der Waals surface area (Å²) in [5.74, 6) is -1.19. The lowest BCUT2D eigenvalue weighted by Gasteiger charge is -2.19. The fourth-order valence-electron chi connectivity index (χ4n) is 1.48. The molecular formula is C11H17ClFNO2. The molecule has 0 fully saturated rings. The van der Waals surface area contributed by atoms with E-state index in [4.69, 9.17) is 5.73 Å². The van der Waals surface area contributed by atoms with Crippen LogP contribution in [0.1, 0.15) is 31.4 Å². The van der Waals surface area contributed by atoms with Gasteiger partial charge in [-0.15, -0.1) is 12.4 Å². The van der Waals surface area contributed by atoms with Gasteiger partial charge in [0.05, 0.1) is 12.1 Å². The molecule has 0 spiro atoms. The molecular weight excluding hydrogens is 233 g/mol. The molecule has 5 heteroatoms. The van der Waals surface area contributed by atoms with Gasteiger partial charge in [-0.05, 0) is 12.5 Å². The number of phenolic OH excluding ortho intramolecular Hbond substituents is 1. The molecule has 1 aromatic carbocycles. The lowest BCUT2D eigenvalue weighted by Crippen LogP contribution is -2.26. The molecule has 92 valence electrons. The number of benzene rings is 1. The highest BCUT2D eigenvalue weighted by atomic mass is 35.5. The van der Waals surface area contributed by atoms with Crippen LogP contribution < -0.4 is 5.73 Å². The van der Waals surface area contributed by atoms with E-state index in [2.05, 4.69) is 0 Å². The zero-order valence-electron chi connectivity index (χ0n) is 9.06. The standard InChI is InChI=1S/C11H16FNO2.ClH/c1-2-4-9(14)10(13)7-5-3-6-8(12)11(7)15;/h3,5-6,9-10,14-15H,2,4,13H2,1H3;1H/t9-,10+;/m0./s1. The Morgan fingerprint density at radius 3 is 2.62 bits per heavy atom. The van der Waals surface area contributed by atoms with Crippen molar-refractivity contribution in [2.75, 3.05) is 0 Å². The summed E-state index contributed by atoms with van der Waals surface area (Å²) in [5, 5.41) is 19.0. The second kappa shape index (κ2) is 6.68. The quantitative estimate of drug-likeness (QED) is 0.766. The Hall–Kier alpha value is -0.840. The van der Waals surface area contributed by atoms with Crippen molar-refractivity contribution < 1.29 is 14.6 Å². The van der Waals surface area contributed by atoms with Gasteiger partial charge in [0.1, 0.15) is 0 Å². The van der Waals surface area contributed by atoms with Gasteiger partial charge in [-0.3, -0.25) is 0 Å². The molecule has 0 aliphatic rings. The SMILES string of the molecule is CCC[C@H](O)[C@H](N)c1cccc(F)c1O.Cl. The normalized spacial score (nSPS) is 14.0. The van der Waals surface area contributed by atoms with Crippen LogP contribution in [0.3, 0.4) is 0 Å². The number of rotatable bonds is 4. The second-order valence-electron chi connectivity index (χ2n) is 3.56. The van der Waals surface area contributed by atoms with E-state index in [0.29, 0.717) is 6.42 Å². The van der Waals surface area contributed by atoms with E-state index in [1.165, 1.54) is 12.1 Å². The smallest absolute Gasteiger partial charge is 0.165 e. The molecule has 0 aliphatic heterocycles. The van der Waals surface area contributed by atoms with Crippen molar-refractivity contribution in [3.63, 3.8) is 0 Å². The zero-order chi connectivity index (χ0) is 11.4. The van der Waals surface area contributed by atoms with Crippen LogP contribution in [0.15, 0.2) is 18.2 Å². The molecule has 0 unspecified atom stereocenters. The van der Waals surface area contributed by atoms with Crippen LogP contribution in [0.5, 0.6) is 5.75 Å². The summed E-state index contributed by atoms with van der Waals surface area (Å²) >= 11 is 0. The third-order valence-corrected chi connectivity index (χ3v) is 2.38. The highest BCUT2D eigenvalue weighted by Crippen LogP contribution is 2.28. The Kier molecular flexibility index (Phi) is 6.33. The molecule has 0 amide bonds. The summed E-state index contributed by atoms with van der Waals surface area (Å²) < 4.78 is 13.0. The number of phenols is 1. The fourth-order valence-corrected chi connectivity index (χ4v) is 1.48. The average molecular weight is 250 g/mol. The van der Waals surface area contributed by atoms with Crippen LogP contribution in [0, 0.1) is 5.82 Å². The molecule has 2 atom stereocenters. The number of nitrogens with two attached hydrogens (primary N) is 1. The van der Waals surface area contributed by atoms with Crippen LogP contribution in [0.2, 0.25) is 0 Å². The van der Waals surface area contributed by atoms with E-state index in [-0.39, 0.29) is 18.0 Å². The number of para-hydroxylation sites is 1. The first-order valence-electron chi connectivity index (χ1n) is 4.99. The van der Waals surface area contributed by atoms with Crippen LogP contribution in [-0.4, -0.2) is 16.3 Å². The molecule has 3 nitrogen and oxygen atoms in total. The van der Waals surface area contributed by atoms with Gasteiger partial charge in [-0.25, -0.2) is 4.39 Å². The molecule has 4 N–H and O–H groups in total. The summed E-state index contributed by atoms with van der Waals surface area (Å²) in [7, 11) is 0. The Bertz CT molecular complexity index is 336. The van der Waals surface area contributed by atoms with Gasteiger partial charge in [0.15, 0.2) is 11.6 Å². The summed E-state index contributed by atoms with van der Waals surface area (Å²) in [5.41, 5.74) is 5.96. The van der Waals surface area contributed by atoms with Crippen molar-refractivity contribution in [3.05, 3.63) is 29.6 Å². The predicted molar refractivity (Wildman–Crippen MR) is 63.2 cm³/mol. The fraction of sp³-hybridized carbons (Fsp3) is 0.455. The van der Waals surface area contributed by atoms with Crippen molar-refractivity contribution in [1.82, 2.24) is 0 Å². The van der Waals surface area contributed by atoms with Crippen LogP contribution in [0.4, 0.5) is 4.39 Å². The van der Waals surface area contributed by atoms with Crippen LogP contribution >= 0.6 is 12.4 Å². The Labute approximate surface area is 101 Å². The van der Waals surface area contributed by atoms with E-state index in [1.54, 1.807) is 0 Å². The van der Waals surface area contributed by atoms with E-state index < -0.39 is 23.7 Å². The van der Waals surface area contributed by atoms with Crippen molar-refractivity contribution >= 4 is 12.4 Å². The summed E-state index contributed by atoms with van der Waals surface area (Å²) in [6.07, 6.45) is 0.546. The number of aromatic hydroxyl groups is 1. The van der Waals surface area contributed by atoms with Gasteiger partial charge in [0, 0.05) is 5.56 Å². The van der Waals surface area contributed by atoms with E-state index >= 15 is 0 Å². The molecule has 0 heterocycles. The monoisotopic (exact) mass is 249 g/mol. The lowest BCUT2D eigenvalue weighted by molar-refractivity contribution is 0.133. The van der Waals surface area contributed by atoms with E-state index in [1.807, 2.05) is 6.92 Å². The topological polar surface area (TPSA) is 66.5 Å². The first kappa shape index (κ1) is 15.2. The van der Waals surface area contributed by atoms with Gasteiger partial charge in [0.2, 0.25) is 0 Å². The summed E-state index contributed by atoms with van der Waals surface area (Å²) in [6, 6.07) is 3.38. The maximum absolute atomic E-state index is 13.0. The molecule has 1 aromatic rings. The molecule has 1 rings (SSSR count). The van der Waals surface area contributed by atoms with Gasteiger partial charge < -0.3 is 15.9 Å². The first-order valence-corrected chi connectivity index (χ1v) is 4.99. The highest BCUT2D eigenvalue weighted by molar-refractivity contribution is 5.85. The second-order valence-corrected chi connectivity index (χ2v) is 3.56. The minimum absolute atomic E-state index is 0. The highest BCUT2D eigenvalue weighted by Gasteiger charge is 2.20. The molecule has 0 aliphatic carbocycles. The first-order chi connectivity index (χ1) is 7.07. The Balaban J connectivity index is 0.00000225. The number of aliphatic hydroxyl groups excluding tert-OH is 1. The average Bonchev–Trinajstić information content (AvgIpc) is 2.21. The summed E-state index contributed by atoms with van der Waals surface area (Å²) in [4.78, 5) is 0. The molecule has 16 heavy (non-hydrogen) atoms. The largest absolute Gasteiger partial charge is 0.505 e. The summed E-state index contributed by atoms with van der Waals surface area (Å²) in [6.45, 7) is 1.92. The third-order valence-electron chi connectivity index (χ3n) is 2.38. The minimum Gasteiger partial charge on any atom is -0.505 e. The van der Waals surface area contributed by atoms with Crippen molar-refractivity contribution in [2.45, 2.75) is 31.9 Å². The maximum Gasteiger partial charge on any atom is 0.165 e. The zero-order valence-corrected chi connectivity index (χ0v) is 9.88. The third kappa shape index (κ3) is 3.33. The molecule has 0 bridgehead atoms. The number of hydrogen-bond acceptors (Lipinski definition) is 3. The minimum atomic E-state index is -0.761. The van der Waals surface area contributed by atoms with Gasteiger partial charge in [0.25, 0.3) is 0 Å². The number of hydrogen-bond donors (Lipinski definition) is 3. The van der Waals surface area contributed by atoms with E-state index in [0.717, 1.165) is 12.5 Å². The number of aliphatic hydroxyl groups is 1. The molecule has 0 aromatic heterocycles. The molecule has 0 saturated heterocycles. The molecule has 0 radical (unpaired) electrons. The molecule has 0 saturated carbocycles. The van der Waals surface area contributed by atoms with Gasteiger partial charge in [-0.1, -0.05) is 25.5 Å². The van der Waals surface area contributed by atoms with Gasteiger partial charge in [-0.2, -0.15) is 0 Å². The van der Waals surface area contributed by atoms with Crippen molar-refractivity contribution in [3.8, 4) is 5.75 Å². The van der Waals surface area contributed by atoms with Crippen molar-refractivity contribution in [2.24, 2.45) is 5.73 Å². The van der Waals surface area contributed by atoms with Crippen molar-refractivity contribution in [1.29, 1.82) is 0 Å². The number of halogens is 2. The Morgan fingerprint density at radius 1 is 1.44 bits per heavy atom.